The third-order valence-corrected chi connectivity index (χ3v) is 3.26. The summed E-state index contributed by atoms with van der Waals surface area (Å²) in [7, 11) is 0. The number of nitrogens with one attached hydrogen (secondary N) is 1. The molecule has 0 saturated heterocycles. The van der Waals surface area contributed by atoms with Gasteiger partial charge in [-0.2, -0.15) is 0 Å². The summed E-state index contributed by atoms with van der Waals surface area (Å²) in [6, 6.07) is 8.24. The zero-order valence-corrected chi connectivity index (χ0v) is 14.7. The van der Waals surface area contributed by atoms with Crippen LogP contribution in [-0.2, 0) is 0 Å². The van der Waals surface area contributed by atoms with Gasteiger partial charge in [-0.05, 0) is 37.5 Å². The van der Waals surface area contributed by atoms with Gasteiger partial charge in [0.1, 0.15) is 4.99 Å². The molecule has 0 atom stereocenters. The standard InChI is InChI=1S/C20H25NS/c1-6-19(14-8-16(4)5)21-20(22)18-12-10-17(11-13-18)9-7-15(2)3/h6-15H,1H2,2-5H3,(H,21,22)/b9-7+,19-14+. The molecule has 0 aliphatic carbocycles. The predicted molar refractivity (Wildman–Crippen MR) is 103 cm³/mol. The van der Waals surface area contributed by atoms with Crippen LogP contribution in [0.1, 0.15) is 38.8 Å². The lowest BCUT2D eigenvalue weighted by Crippen LogP contribution is -2.20. The van der Waals surface area contributed by atoms with Crippen LogP contribution in [0.4, 0.5) is 0 Å². The summed E-state index contributed by atoms with van der Waals surface area (Å²) < 4.78 is 0. The Labute approximate surface area is 140 Å². The number of benzene rings is 1. The van der Waals surface area contributed by atoms with Crippen molar-refractivity contribution in [2.45, 2.75) is 27.7 Å². The van der Waals surface area contributed by atoms with Gasteiger partial charge >= 0.3 is 0 Å². The molecule has 1 rings (SSSR count). The molecular formula is C20H25NS. The molecule has 0 aliphatic rings. The van der Waals surface area contributed by atoms with E-state index in [4.69, 9.17) is 12.2 Å². The van der Waals surface area contributed by atoms with Gasteiger partial charge in [0.2, 0.25) is 0 Å². The molecule has 1 nitrogen and oxygen atoms in total. The summed E-state index contributed by atoms with van der Waals surface area (Å²) >= 11 is 5.45. The molecule has 1 aromatic carbocycles. The van der Waals surface area contributed by atoms with Gasteiger partial charge in [-0.3, -0.25) is 0 Å². The normalized spacial score (nSPS) is 11.6. The van der Waals surface area contributed by atoms with Crippen LogP contribution >= 0.6 is 12.2 Å². The van der Waals surface area contributed by atoms with E-state index >= 15 is 0 Å². The molecule has 0 aliphatic heterocycles. The van der Waals surface area contributed by atoms with Crippen molar-refractivity contribution in [2.75, 3.05) is 0 Å². The Hall–Kier alpha value is -1.93. The Balaban J connectivity index is 2.79. The average molecular weight is 311 g/mol. The van der Waals surface area contributed by atoms with Gasteiger partial charge in [-0.15, -0.1) is 0 Å². The first-order chi connectivity index (χ1) is 10.4. The first-order valence-electron chi connectivity index (χ1n) is 7.49. The minimum Gasteiger partial charge on any atom is -0.346 e. The first kappa shape index (κ1) is 18.1. The van der Waals surface area contributed by atoms with E-state index in [9.17, 15) is 0 Å². The van der Waals surface area contributed by atoms with E-state index in [-0.39, 0.29) is 0 Å². The molecule has 0 spiro atoms. The lowest BCUT2D eigenvalue weighted by Gasteiger charge is -2.09. The van der Waals surface area contributed by atoms with E-state index in [1.807, 2.05) is 24.3 Å². The molecule has 0 heterocycles. The molecule has 0 saturated carbocycles. The molecule has 0 amide bonds. The van der Waals surface area contributed by atoms with E-state index in [0.717, 1.165) is 11.3 Å². The molecule has 0 fully saturated rings. The molecule has 1 aromatic rings. The van der Waals surface area contributed by atoms with E-state index in [1.54, 1.807) is 6.08 Å². The highest BCUT2D eigenvalue weighted by molar-refractivity contribution is 7.80. The summed E-state index contributed by atoms with van der Waals surface area (Å²) in [5.74, 6) is 0.554. The van der Waals surface area contributed by atoms with Gasteiger partial charge < -0.3 is 5.32 Å². The van der Waals surface area contributed by atoms with Crippen LogP contribution in [0.15, 0.2) is 66.4 Å². The molecule has 0 radical (unpaired) electrons. The Kier molecular flexibility index (Phi) is 7.55. The number of hydrogen-bond donors (Lipinski definition) is 1. The summed E-state index contributed by atoms with van der Waals surface area (Å²) in [6.07, 6.45) is 10.1. The SMILES string of the molecule is C=C/C(=C\C=C(C)C)NC(=S)c1ccc(/C=C/C(C)C)cc1. The lowest BCUT2D eigenvalue weighted by atomic mass is 10.1. The van der Waals surface area contributed by atoms with Gasteiger partial charge in [-0.25, -0.2) is 0 Å². The number of hydrogen-bond acceptors (Lipinski definition) is 1. The maximum atomic E-state index is 5.45. The predicted octanol–water partition coefficient (Wildman–Crippen LogP) is 5.66. The zero-order chi connectivity index (χ0) is 16.5. The van der Waals surface area contributed by atoms with Gasteiger partial charge in [0.25, 0.3) is 0 Å². The topological polar surface area (TPSA) is 12.0 Å². The average Bonchev–Trinajstić information content (AvgIpc) is 2.49. The highest BCUT2D eigenvalue weighted by atomic mass is 32.1. The molecule has 1 N–H and O–H groups in total. The van der Waals surface area contributed by atoms with Crippen LogP contribution in [0.3, 0.4) is 0 Å². The van der Waals surface area contributed by atoms with E-state index in [2.05, 4.69) is 63.9 Å². The molecule has 2 heteroatoms. The van der Waals surface area contributed by atoms with Crippen LogP contribution in [0.25, 0.3) is 6.08 Å². The zero-order valence-electron chi connectivity index (χ0n) is 13.9. The highest BCUT2D eigenvalue weighted by Crippen LogP contribution is 2.09. The van der Waals surface area contributed by atoms with Crippen LogP contribution in [0.2, 0.25) is 0 Å². The van der Waals surface area contributed by atoms with Gasteiger partial charge in [-0.1, -0.05) is 80.7 Å². The number of rotatable bonds is 6. The van der Waals surface area contributed by atoms with E-state index < -0.39 is 0 Å². The van der Waals surface area contributed by atoms with Crippen molar-refractivity contribution >= 4 is 23.3 Å². The minimum atomic E-state index is 0.554. The second-order valence-corrected chi connectivity index (χ2v) is 6.16. The quantitative estimate of drug-likeness (QED) is 0.537. The van der Waals surface area contributed by atoms with Crippen molar-refractivity contribution in [1.29, 1.82) is 0 Å². The van der Waals surface area contributed by atoms with Crippen LogP contribution in [0, 0.1) is 5.92 Å². The number of thiocarbonyl (C=S) groups is 1. The Morgan fingerprint density at radius 2 is 1.77 bits per heavy atom. The van der Waals surface area contributed by atoms with Crippen LogP contribution < -0.4 is 5.32 Å². The van der Waals surface area contributed by atoms with Crippen LogP contribution in [0.5, 0.6) is 0 Å². The van der Waals surface area contributed by atoms with Crippen molar-refractivity contribution in [3.63, 3.8) is 0 Å². The van der Waals surface area contributed by atoms with Crippen molar-refractivity contribution < 1.29 is 0 Å². The fourth-order valence-corrected chi connectivity index (χ4v) is 1.92. The van der Waals surface area contributed by atoms with Crippen LogP contribution in [-0.4, -0.2) is 4.99 Å². The van der Waals surface area contributed by atoms with Gasteiger partial charge in [0.05, 0.1) is 0 Å². The molecule has 116 valence electrons. The second kappa shape index (κ2) is 9.16. The summed E-state index contributed by atoms with van der Waals surface area (Å²) in [6.45, 7) is 12.3. The van der Waals surface area contributed by atoms with Crippen molar-refractivity contribution in [1.82, 2.24) is 5.32 Å². The summed E-state index contributed by atoms with van der Waals surface area (Å²) in [5.41, 5.74) is 4.31. The molecular weight excluding hydrogens is 286 g/mol. The lowest BCUT2D eigenvalue weighted by molar-refractivity contribution is 0.836. The summed E-state index contributed by atoms with van der Waals surface area (Å²) in [5, 5.41) is 3.22. The first-order valence-corrected chi connectivity index (χ1v) is 7.90. The minimum absolute atomic E-state index is 0.554. The Morgan fingerprint density at radius 1 is 1.14 bits per heavy atom. The third kappa shape index (κ3) is 6.68. The highest BCUT2D eigenvalue weighted by Gasteiger charge is 2.01. The smallest absolute Gasteiger partial charge is 0.110 e. The van der Waals surface area contributed by atoms with E-state index in [1.165, 1.54) is 11.1 Å². The van der Waals surface area contributed by atoms with Crippen molar-refractivity contribution in [3.05, 3.63) is 77.5 Å². The van der Waals surface area contributed by atoms with Crippen molar-refractivity contribution in [3.8, 4) is 0 Å². The van der Waals surface area contributed by atoms with Gasteiger partial charge in [0, 0.05) is 11.3 Å². The third-order valence-electron chi connectivity index (χ3n) is 2.92. The Bertz CT molecular complexity index is 597. The van der Waals surface area contributed by atoms with E-state index in [0.29, 0.717) is 10.9 Å². The molecule has 22 heavy (non-hydrogen) atoms. The fraction of sp³-hybridized carbons (Fsp3) is 0.250. The maximum Gasteiger partial charge on any atom is 0.110 e. The monoisotopic (exact) mass is 311 g/mol. The fourth-order valence-electron chi connectivity index (χ4n) is 1.67. The number of allylic oxidation sites excluding steroid dienone is 5. The second-order valence-electron chi connectivity index (χ2n) is 5.75. The summed E-state index contributed by atoms with van der Waals surface area (Å²) in [4.78, 5) is 0.702. The van der Waals surface area contributed by atoms with Gasteiger partial charge in [0.15, 0.2) is 0 Å². The largest absolute Gasteiger partial charge is 0.346 e. The maximum absolute atomic E-state index is 5.45. The molecule has 0 bridgehead atoms. The Morgan fingerprint density at radius 3 is 2.27 bits per heavy atom. The van der Waals surface area contributed by atoms with Crippen molar-refractivity contribution in [2.24, 2.45) is 5.92 Å². The molecule has 0 aromatic heterocycles. The molecule has 0 unspecified atom stereocenters.